The number of halogens is 2. The summed E-state index contributed by atoms with van der Waals surface area (Å²) in [5, 5.41) is 8.66. The van der Waals surface area contributed by atoms with E-state index in [1.807, 2.05) is 0 Å². The van der Waals surface area contributed by atoms with Crippen LogP contribution >= 0.6 is 0 Å². The number of carbonyl (C=O) groups is 3. The van der Waals surface area contributed by atoms with Crippen molar-refractivity contribution in [2.24, 2.45) is 29.6 Å². The summed E-state index contributed by atoms with van der Waals surface area (Å²) in [6, 6.07) is 0. The average molecular weight is 402 g/mol. The third kappa shape index (κ3) is 4.30. The Morgan fingerprint density at radius 1 is 0.964 bits per heavy atom. The molecule has 4 aliphatic rings. The number of hydrogen-bond donors (Lipinski definition) is 1. The second kappa shape index (κ2) is 7.95. The fourth-order valence-corrected chi connectivity index (χ4v) is 5.43. The molecule has 0 aromatic rings. The lowest BCUT2D eigenvalue weighted by molar-refractivity contribution is -0.199. The molecule has 28 heavy (non-hydrogen) atoms. The molecule has 4 aliphatic carbocycles. The molecule has 1 unspecified atom stereocenters. The van der Waals surface area contributed by atoms with Crippen molar-refractivity contribution in [3.8, 4) is 0 Å². The number of carboxylic acid groups (broad SMARTS) is 1. The SMILES string of the molecule is CC(C)C(OC(=O)CCC(=O)OC1C2CC3CC(C2)CC1C3)C(F)(F)C(=O)O. The van der Waals surface area contributed by atoms with Crippen LogP contribution in [-0.4, -0.2) is 41.1 Å². The van der Waals surface area contributed by atoms with E-state index in [0.717, 1.165) is 37.5 Å². The van der Waals surface area contributed by atoms with Crippen molar-refractivity contribution in [1.82, 2.24) is 0 Å². The summed E-state index contributed by atoms with van der Waals surface area (Å²) in [6.45, 7) is 2.69. The summed E-state index contributed by atoms with van der Waals surface area (Å²) in [6.07, 6.45) is 2.80. The van der Waals surface area contributed by atoms with Gasteiger partial charge in [-0.2, -0.15) is 8.78 Å². The van der Waals surface area contributed by atoms with Gasteiger partial charge in [-0.15, -0.1) is 0 Å². The molecule has 158 valence electrons. The molecule has 4 rings (SSSR count). The Balaban J connectivity index is 1.48. The number of ether oxygens (including phenoxy) is 2. The van der Waals surface area contributed by atoms with Crippen molar-refractivity contribution in [1.29, 1.82) is 0 Å². The van der Waals surface area contributed by atoms with E-state index >= 15 is 0 Å². The number of aliphatic carboxylic acids is 1. The molecule has 0 radical (unpaired) electrons. The second-order valence-corrected chi connectivity index (χ2v) is 8.97. The van der Waals surface area contributed by atoms with Crippen molar-refractivity contribution >= 4 is 17.9 Å². The summed E-state index contributed by atoms with van der Waals surface area (Å²) >= 11 is 0. The van der Waals surface area contributed by atoms with Crippen molar-refractivity contribution in [2.45, 2.75) is 76.9 Å². The zero-order valence-corrected chi connectivity index (χ0v) is 16.2. The fraction of sp³-hybridized carbons (Fsp3) is 0.850. The second-order valence-electron chi connectivity index (χ2n) is 8.97. The van der Waals surface area contributed by atoms with Crippen LogP contribution < -0.4 is 0 Å². The maximum absolute atomic E-state index is 13.7. The number of hydrogen-bond acceptors (Lipinski definition) is 5. The summed E-state index contributed by atoms with van der Waals surface area (Å²) < 4.78 is 37.8. The Labute approximate surface area is 162 Å². The van der Waals surface area contributed by atoms with Gasteiger partial charge in [0.25, 0.3) is 0 Å². The first-order chi connectivity index (χ1) is 13.1. The van der Waals surface area contributed by atoms with Crippen molar-refractivity contribution < 1.29 is 37.7 Å². The molecule has 1 atom stereocenters. The van der Waals surface area contributed by atoms with E-state index in [-0.39, 0.29) is 12.5 Å². The van der Waals surface area contributed by atoms with E-state index in [9.17, 15) is 23.2 Å². The Hall–Kier alpha value is -1.73. The third-order valence-electron chi connectivity index (χ3n) is 6.45. The van der Waals surface area contributed by atoms with Crippen molar-refractivity contribution in [3.63, 3.8) is 0 Å². The maximum atomic E-state index is 13.7. The molecule has 6 nitrogen and oxygen atoms in total. The van der Waals surface area contributed by atoms with Crippen LogP contribution in [0.5, 0.6) is 0 Å². The molecule has 1 N–H and O–H groups in total. The average Bonchev–Trinajstić information content (AvgIpc) is 2.59. The minimum atomic E-state index is -4.19. The molecule has 4 saturated carbocycles. The lowest BCUT2D eigenvalue weighted by Crippen LogP contribution is -2.50. The van der Waals surface area contributed by atoms with Crippen molar-refractivity contribution in [2.75, 3.05) is 0 Å². The van der Waals surface area contributed by atoms with Crippen LogP contribution in [0.25, 0.3) is 0 Å². The smallest absolute Gasteiger partial charge is 0.378 e. The molecule has 0 aliphatic heterocycles. The predicted molar refractivity (Wildman–Crippen MR) is 93.5 cm³/mol. The van der Waals surface area contributed by atoms with Crippen LogP contribution in [0.15, 0.2) is 0 Å². The molecule has 0 heterocycles. The molecule has 4 fully saturated rings. The van der Waals surface area contributed by atoms with Gasteiger partial charge in [0, 0.05) is 0 Å². The molecule has 0 spiro atoms. The zero-order chi connectivity index (χ0) is 20.6. The van der Waals surface area contributed by atoms with Gasteiger partial charge in [0.05, 0.1) is 12.8 Å². The predicted octanol–water partition coefficient (Wildman–Crippen LogP) is 3.42. The zero-order valence-electron chi connectivity index (χ0n) is 16.2. The van der Waals surface area contributed by atoms with E-state index in [1.165, 1.54) is 20.3 Å². The summed E-state index contributed by atoms with van der Waals surface area (Å²) in [4.78, 5) is 34.8. The van der Waals surface area contributed by atoms with E-state index in [2.05, 4.69) is 0 Å². The molecule has 8 heteroatoms. The summed E-state index contributed by atoms with van der Waals surface area (Å²) in [5.41, 5.74) is 0. The molecule has 0 amide bonds. The van der Waals surface area contributed by atoms with Gasteiger partial charge in [-0.05, 0) is 61.7 Å². The maximum Gasteiger partial charge on any atom is 0.378 e. The van der Waals surface area contributed by atoms with Crippen LogP contribution in [0, 0.1) is 29.6 Å². The number of carboxylic acids is 1. The van der Waals surface area contributed by atoms with E-state index in [1.54, 1.807) is 0 Å². The van der Waals surface area contributed by atoms with Gasteiger partial charge in [-0.1, -0.05) is 13.8 Å². The van der Waals surface area contributed by atoms with Crippen LogP contribution in [0.2, 0.25) is 0 Å². The largest absolute Gasteiger partial charge is 0.477 e. The highest BCUT2D eigenvalue weighted by atomic mass is 19.3. The molecule has 0 aromatic heterocycles. The first-order valence-corrected chi connectivity index (χ1v) is 10.1. The Kier molecular flexibility index (Phi) is 5.96. The standard InChI is InChI=1S/C20H28F2O6/c1-10(2)18(20(21,22)19(25)26)28-16(24)4-3-15(23)27-17-13-6-11-5-12(8-13)9-14(17)7-11/h10-14,17-18H,3-9H2,1-2H3,(H,25,26). The monoisotopic (exact) mass is 402 g/mol. The highest BCUT2D eigenvalue weighted by Gasteiger charge is 2.52. The molecule has 4 bridgehead atoms. The topological polar surface area (TPSA) is 89.9 Å². The normalized spacial score (nSPS) is 32.2. The molecular weight excluding hydrogens is 374 g/mol. The first kappa shape index (κ1) is 21.0. The molecule has 0 aromatic carbocycles. The van der Waals surface area contributed by atoms with Gasteiger partial charge >= 0.3 is 23.8 Å². The lowest BCUT2D eigenvalue weighted by Gasteiger charge is -2.53. The van der Waals surface area contributed by atoms with Gasteiger partial charge in [0.1, 0.15) is 6.10 Å². The highest BCUT2D eigenvalue weighted by molar-refractivity contribution is 5.79. The summed E-state index contributed by atoms with van der Waals surface area (Å²) in [7, 11) is 0. The van der Waals surface area contributed by atoms with Crippen LogP contribution in [0.4, 0.5) is 8.78 Å². The van der Waals surface area contributed by atoms with Gasteiger partial charge in [-0.3, -0.25) is 9.59 Å². The Morgan fingerprint density at radius 2 is 1.46 bits per heavy atom. The Bertz CT molecular complexity index is 604. The third-order valence-corrected chi connectivity index (χ3v) is 6.45. The van der Waals surface area contributed by atoms with Crippen molar-refractivity contribution in [3.05, 3.63) is 0 Å². The Morgan fingerprint density at radius 3 is 1.93 bits per heavy atom. The molecular formula is C20H28F2O6. The van der Waals surface area contributed by atoms with E-state index in [4.69, 9.17) is 14.6 Å². The van der Waals surface area contributed by atoms with Crippen LogP contribution in [0.3, 0.4) is 0 Å². The van der Waals surface area contributed by atoms with Gasteiger partial charge in [0.15, 0.2) is 6.10 Å². The first-order valence-electron chi connectivity index (χ1n) is 10.1. The minimum Gasteiger partial charge on any atom is -0.477 e. The number of alkyl halides is 2. The number of esters is 2. The van der Waals surface area contributed by atoms with E-state index < -0.39 is 42.3 Å². The van der Waals surface area contributed by atoms with Gasteiger partial charge < -0.3 is 14.6 Å². The highest BCUT2D eigenvalue weighted by Crippen LogP contribution is 2.54. The van der Waals surface area contributed by atoms with Crippen LogP contribution in [0.1, 0.15) is 58.8 Å². The quantitative estimate of drug-likeness (QED) is 0.626. The van der Waals surface area contributed by atoms with Gasteiger partial charge in [0.2, 0.25) is 0 Å². The lowest BCUT2D eigenvalue weighted by atomic mass is 9.55. The minimum absolute atomic E-state index is 0.101. The van der Waals surface area contributed by atoms with E-state index in [0.29, 0.717) is 11.8 Å². The fourth-order valence-electron chi connectivity index (χ4n) is 5.43. The molecule has 0 saturated heterocycles. The number of rotatable bonds is 8. The van der Waals surface area contributed by atoms with Crippen LogP contribution in [-0.2, 0) is 23.9 Å². The summed E-state index contributed by atoms with van der Waals surface area (Å²) in [5.74, 6) is -6.70. The van der Waals surface area contributed by atoms with Gasteiger partial charge in [-0.25, -0.2) is 4.79 Å². The number of carbonyl (C=O) groups excluding carboxylic acids is 2.